The topological polar surface area (TPSA) is 52.0 Å². The Morgan fingerprint density at radius 3 is 1.93 bits per heavy atom. The second-order valence-corrected chi connectivity index (χ2v) is 5.95. The first-order chi connectivity index (χ1) is 5.75. The summed E-state index contributed by atoms with van der Waals surface area (Å²) in [5.74, 6) is 0. The first-order valence-corrected chi connectivity index (χ1v) is 5.26. The number of hydrogen-bond acceptors (Lipinski definition) is 2. The van der Waals surface area contributed by atoms with Crippen molar-refractivity contribution in [2.75, 3.05) is 0 Å². The van der Waals surface area contributed by atoms with Gasteiger partial charge < -0.3 is 11.5 Å². The molecule has 0 bridgehead atoms. The second kappa shape index (κ2) is 5.72. The summed E-state index contributed by atoms with van der Waals surface area (Å²) in [5.41, 5.74) is 12.7. The fourth-order valence-electron chi connectivity index (χ4n) is 2.97. The summed E-state index contributed by atoms with van der Waals surface area (Å²) in [6, 6.07) is 0.581. The normalized spacial score (nSPS) is 36.0. The quantitative estimate of drug-likeness (QED) is 0.758. The average Bonchev–Trinajstić information content (AvgIpc) is 1.79. The van der Waals surface area contributed by atoms with E-state index in [1.54, 1.807) is 0 Å². The molecule has 94 valence electrons. The van der Waals surface area contributed by atoms with Gasteiger partial charge in [-0.3, -0.25) is 0 Å². The molecule has 0 aromatic rings. The zero-order chi connectivity index (χ0) is 10.3. The molecule has 4 N–H and O–H groups in total. The van der Waals surface area contributed by atoms with Crippen molar-refractivity contribution in [3.63, 3.8) is 0 Å². The van der Waals surface area contributed by atoms with Gasteiger partial charge in [0.2, 0.25) is 0 Å². The maximum Gasteiger partial charge on any atom is 0.00651 e. The van der Waals surface area contributed by atoms with Crippen LogP contribution in [0.5, 0.6) is 0 Å². The van der Waals surface area contributed by atoms with E-state index in [2.05, 4.69) is 27.7 Å². The van der Waals surface area contributed by atoms with Gasteiger partial charge in [-0.1, -0.05) is 20.8 Å². The predicted molar refractivity (Wildman–Crippen MR) is 71.9 cm³/mol. The minimum Gasteiger partial charge on any atom is -0.328 e. The molecular weight excluding hydrogens is 231 g/mol. The fourth-order valence-corrected chi connectivity index (χ4v) is 2.97. The van der Waals surface area contributed by atoms with E-state index in [-0.39, 0.29) is 36.3 Å². The van der Waals surface area contributed by atoms with Crippen LogP contribution in [-0.4, -0.2) is 12.1 Å². The van der Waals surface area contributed by atoms with E-state index >= 15 is 0 Å². The maximum atomic E-state index is 6.07. The molecule has 0 saturated heterocycles. The van der Waals surface area contributed by atoms with Crippen molar-refractivity contribution in [2.45, 2.75) is 59.0 Å². The fraction of sp³-hybridized carbons (Fsp3) is 1.00. The molecule has 0 heterocycles. The van der Waals surface area contributed by atoms with Crippen LogP contribution in [0.25, 0.3) is 0 Å². The summed E-state index contributed by atoms with van der Waals surface area (Å²) in [7, 11) is 0. The number of rotatable bonds is 1. The molecule has 1 aliphatic carbocycles. The summed E-state index contributed by atoms with van der Waals surface area (Å²) in [6.45, 7) is 8.98. The maximum absolute atomic E-state index is 6.07. The Morgan fingerprint density at radius 1 is 1.13 bits per heavy atom. The van der Waals surface area contributed by atoms with Gasteiger partial charge in [0.1, 0.15) is 0 Å². The van der Waals surface area contributed by atoms with E-state index in [1.165, 1.54) is 6.42 Å². The van der Waals surface area contributed by atoms with E-state index < -0.39 is 0 Å². The third-order valence-corrected chi connectivity index (χ3v) is 3.52. The monoisotopic (exact) mass is 256 g/mol. The molecular formula is C11H26Cl2N2. The smallest absolute Gasteiger partial charge is 0.00651 e. The molecule has 0 radical (unpaired) electrons. The lowest BCUT2D eigenvalue weighted by atomic mass is 9.60. The molecule has 1 aliphatic rings. The lowest BCUT2D eigenvalue weighted by Crippen LogP contribution is -2.49. The molecule has 4 heteroatoms. The third kappa shape index (κ3) is 4.48. The van der Waals surface area contributed by atoms with Crippen LogP contribution in [0.3, 0.4) is 0 Å². The van der Waals surface area contributed by atoms with Crippen LogP contribution in [0.1, 0.15) is 47.0 Å². The third-order valence-electron chi connectivity index (χ3n) is 3.52. The Balaban J connectivity index is 0. The predicted octanol–water partition coefficient (Wildman–Crippen LogP) is 2.72. The van der Waals surface area contributed by atoms with Crippen LogP contribution in [0, 0.1) is 10.8 Å². The zero-order valence-electron chi connectivity index (χ0n) is 10.2. The molecule has 0 amide bonds. The van der Waals surface area contributed by atoms with Crippen molar-refractivity contribution in [3.8, 4) is 0 Å². The molecule has 0 aromatic carbocycles. The van der Waals surface area contributed by atoms with E-state index in [0.29, 0.717) is 11.5 Å². The molecule has 1 saturated carbocycles. The van der Waals surface area contributed by atoms with Gasteiger partial charge in [-0.05, 0) is 37.0 Å². The van der Waals surface area contributed by atoms with Crippen molar-refractivity contribution < 1.29 is 0 Å². The second-order valence-electron chi connectivity index (χ2n) is 5.95. The van der Waals surface area contributed by atoms with E-state index in [0.717, 1.165) is 12.8 Å². The molecule has 3 atom stereocenters. The molecule has 2 nitrogen and oxygen atoms in total. The Hall–Kier alpha value is 0.500. The summed E-state index contributed by atoms with van der Waals surface area (Å²) in [5, 5.41) is 0. The minimum atomic E-state index is 0. The van der Waals surface area contributed by atoms with Crippen LogP contribution in [0.15, 0.2) is 0 Å². The molecule has 1 fully saturated rings. The highest BCUT2D eigenvalue weighted by Gasteiger charge is 2.41. The first kappa shape index (κ1) is 17.9. The lowest BCUT2D eigenvalue weighted by molar-refractivity contribution is 0.0657. The Labute approximate surface area is 106 Å². The van der Waals surface area contributed by atoms with E-state index in [1.807, 2.05) is 0 Å². The van der Waals surface area contributed by atoms with Crippen LogP contribution >= 0.6 is 24.8 Å². The number of nitrogens with two attached hydrogens (primary N) is 2. The van der Waals surface area contributed by atoms with Gasteiger partial charge in [0.05, 0.1) is 0 Å². The van der Waals surface area contributed by atoms with Gasteiger partial charge >= 0.3 is 0 Å². The minimum absolute atomic E-state index is 0. The first-order valence-electron chi connectivity index (χ1n) is 5.26. The van der Waals surface area contributed by atoms with Crippen LogP contribution in [0.2, 0.25) is 0 Å². The van der Waals surface area contributed by atoms with Crippen LogP contribution < -0.4 is 11.5 Å². The van der Waals surface area contributed by atoms with Gasteiger partial charge in [0, 0.05) is 12.1 Å². The van der Waals surface area contributed by atoms with Gasteiger partial charge in [-0.15, -0.1) is 24.8 Å². The molecule has 1 rings (SSSR count). The molecule has 0 aliphatic heterocycles. The van der Waals surface area contributed by atoms with Crippen molar-refractivity contribution in [3.05, 3.63) is 0 Å². The number of hydrogen-bond donors (Lipinski definition) is 2. The van der Waals surface area contributed by atoms with Crippen molar-refractivity contribution in [2.24, 2.45) is 22.3 Å². The molecule has 0 spiro atoms. The van der Waals surface area contributed by atoms with E-state index in [4.69, 9.17) is 11.5 Å². The molecule has 15 heavy (non-hydrogen) atoms. The summed E-state index contributed by atoms with van der Waals surface area (Å²) < 4.78 is 0. The van der Waals surface area contributed by atoms with Crippen molar-refractivity contribution in [1.82, 2.24) is 0 Å². The van der Waals surface area contributed by atoms with Gasteiger partial charge in [-0.2, -0.15) is 0 Å². The van der Waals surface area contributed by atoms with Crippen molar-refractivity contribution in [1.29, 1.82) is 0 Å². The highest BCUT2D eigenvalue weighted by atomic mass is 35.5. The van der Waals surface area contributed by atoms with Gasteiger partial charge in [-0.25, -0.2) is 0 Å². The summed E-state index contributed by atoms with van der Waals surface area (Å²) >= 11 is 0. The SMILES string of the molecule is CC(N)C1(C)CC(N)CC(C)(C)C1.Cl.Cl. The standard InChI is InChI=1S/C11H24N2.2ClH/c1-8(12)11(4)6-9(13)5-10(2,3)7-11;;/h8-9H,5-7,12-13H2,1-4H3;2*1H. The van der Waals surface area contributed by atoms with Crippen LogP contribution in [-0.2, 0) is 0 Å². The van der Waals surface area contributed by atoms with Gasteiger partial charge in [0.15, 0.2) is 0 Å². The zero-order valence-corrected chi connectivity index (χ0v) is 11.9. The Kier molecular flexibility index (Phi) is 6.82. The van der Waals surface area contributed by atoms with Crippen molar-refractivity contribution >= 4 is 24.8 Å². The average molecular weight is 257 g/mol. The highest BCUT2D eigenvalue weighted by molar-refractivity contribution is 5.85. The molecule has 0 aromatic heterocycles. The Bertz CT molecular complexity index is 195. The van der Waals surface area contributed by atoms with Gasteiger partial charge in [0.25, 0.3) is 0 Å². The Morgan fingerprint density at radius 2 is 1.60 bits per heavy atom. The van der Waals surface area contributed by atoms with E-state index in [9.17, 15) is 0 Å². The van der Waals surface area contributed by atoms with Crippen LogP contribution in [0.4, 0.5) is 0 Å². The highest BCUT2D eigenvalue weighted by Crippen LogP contribution is 2.46. The number of halogens is 2. The lowest BCUT2D eigenvalue weighted by Gasteiger charge is -2.47. The largest absolute Gasteiger partial charge is 0.328 e. The molecule has 3 unspecified atom stereocenters. The summed E-state index contributed by atoms with van der Waals surface area (Å²) in [6.07, 6.45) is 3.41. The summed E-state index contributed by atoms with van der Waals surface area (Å²) in [4.78, 5) is 0.